The third kappa shape index (κ3) is 3.17. The number of rotatable bonds is 0. The Morgan fingerprint density at radius 2 is 1.93 bits per heavy atom. The number of nitrogens with zero attached hydrogens (tertiary/aromatic N) is 3. The lowest BCUT2D eigenvalue weighted by Crippen LogP contribution is -1.86. The van der Waals surface area contributed by atoms with Crippen LogP contribution in [-0.4, -0.2) is 14.6 Å². The molecule has 0 aliphatic carbocycles. The SMILES string of the molecule is CC(C)C.Cc1cc2ncccn2n1. The summed E-state index contributed by atoms with van der Waals surface area (Å²) in [6.07, 6.45) is 3.64. The first kappa shape index (κ1) is 10.7. The van der Waals surface area contributed by atoms with Crippen LogP contribution < -0.4 is 0 Å². The second kappa shape index (κ2) is 4.74. The second-order valence-corrected chi connectivity index (χ2v) is 3.94. The predicted octanol–water partition coefficient (Wildman–Crippen LogP) is 2.70. The number of hydrogen-bond donors (Lipinski definition) is 0. The zero-order chi connectivity index (χ0) is 10.6. The number of aryl methyl sites for hydroxylation is 1. The summed E-state index contributed by atoms with van der Waals surface area (Å²) < 4.78 is 1.76. The molecule has 0 aliphatic rings. The molecule has 0 saturated carbocycles. The maximum atomic E-state index is 4.17. The number of hydrogen-bond acceptors (Lipinski definition) is 2. The van der Waals surface area contributed by atoms with Crippen molar-refractivity contribution < 1.29 is 0 Å². The summed E-state index contributed by atoms with van der Waals surface area (Å²) in [5, 5.41) is 4.17. The molecule has 0 radical (unpaired) electrons. The van der Waals surface area contributed by atoms with Gasteiger partial charge in [-0.05, 0) is 18.9 Å². The minimum atomic E-state index is 0.833. The first-order chi connectivity index (χ1) is 6.59. The first-order valence-electron chi connectivity index (χ1n) is 4.86. The average molecular weight is 191 g/mol. The molecule has 0 amide bonds. The summed E-state index contributed by atoms with van der Waals surface area (Å²) in [5.74, 6) is 0.833. The van der Waals surface area contributed by atoms with Gasteiger partial charge in [0.2, 0.25) is 0 Å². The van der Waals surface area contributed by atoms with Crippen molar-refractivity contribution in [1.29, 1.82) is 0 Å². The molecule has 2 aromatic heterocycles. The molecule has 0 bridgehead atoms. The van der Waals surface area contributed by atoms with E-state index in [1.807, 2.05) is 25.3 Å². The van der Waals surface area contributed by atoms with Gasteiger partial charge in [0.05, 0.1) is 5.69 Å². The molecule has 0 atom stereocenters. The lowest BCUT2D eigenvalue weighted by Gasteiger charge is -1.86. The van der Waals surface area contributed by atoms with E-state index in [-0.39, 0.29) is 0 Å². The highest BCUT2D eigenvalue weighted by atomic mass is 15.2. The van der Waals surface area contributed by atoms with Gasteiger partial charge in [0.15, 0.2) is 5.65 Å². The van der Waals surface area contributed by atoms with Gasteiger partial charge in [-0.2, -0.15) is 5.10 Å². The van der Waals surface area contributed by atoms with E-state index in [1.165, 1.54) is 0 Å². The molecule has 0 aliphatic heterocycles. The molecule has 0 fully saturated rings. The molecule has 0 N–H and O–H groups in total. The fourth-order valence-electron chi connectivity index (χ4n) is 0.949. The van der Waals surface area contributed by atoms with Crippen molar-refractivity contribution in [2.45, 2.75) is 27.7 Å². The Morgan fingerprint density at radius 1 is 1.29 bits per heavy atom. The van der Waals surface area contributed by atoms with Crippen LogP contribution in [0.25, 0.3) is 5.65 Å². The normalized spacial score (nSPS) is 10.1. The van der Waals surface area contributed by atoms with Crippen LogP contribution in [0.15, 0.2) is 24.5 Å². The Labute approximate surface area is 84.8 Å². The molecule has 3 nitrogen and oxygen atoms in total. The van der Waals surface area contributed by atoms with Crippen molar-refractivity contribution >= 4 is 5.65 Å². The topological polar surface area (TPSA) is 30.2 Å². The lowest BCUT2D eigenvalue weighted by molar-refractivity contribution is 0.737. The van der Waals surface area contributed by atoms with Gasteiger partial charge >= 0.3 is 0 Å². The van der Waals surface area contributed by atoms with Crippen molar-refractivity contribution in [2.75, 3.05) is 0 Å². The molecule has 0 aromatic carbocycles. The Balaban J connectivity index is 0.000000213. The molecule has 3 heteroatoms. The van der Waals surface area contributed by atoms with Crippen LogP contribution in [0.4, 0.5) is 0 Å². The number of fused-ring (bicyclic) bond motifs is 1. The summed E-state index contributed by atoms with van der Waals surface area (Å²) in [7, 11) is 0. The molecular formula is C11H17N3. The molecule has 0 saturated heterocycles. The number of aromatic nitrogens is 3. The molecule has 14 heavy (non-hydrogen) atoms. The Hall–Kier alpha value is -1.38. The molecule has 2 heterocycles. The van der Waals surface area contributed by atoms with E-state index in [2.05, 4.69) is 30.9 Å². The molecule has 0 unspecified atom stereocenters. The highest BCUT2D eigenvalue weighted by molar-refractivity contribution is 5.37. The quantitative estimate of drug-likeness (QED) is 0.641. The summed E-state index contributed by atoms with van der Waals surface area (Å²) >= 11 is 0. The minimum absolute atomic E-state index is 0.833. The van der Waals surface area contributed by atoms with Crippen LogP contribution in [0.5, 0.6) is 0 Å². The van der Waals surface area contributed by atoms with Crippen molar-refractivity contribution in [3.63, 3.8) is 0 Å². The van der Waals surface area contributed by atoms with E-state index < -0.39 is 0 Å². The standard InChI is InChI=1S/C7H7N3.C4H10/c1-6-5-7-8-3-2-4-10(7)9-6;1-4(2)3/h2-5H,1H3;4H,1-3H3. The third-order valence-corrected chi connectivity index (χ3v) is 1.36. The summed E-state index contributed by atoms with van der Waals surface area (Å²) in [5.41, 5.74) is 1.90. The maximum absolute atomic E-state index is 4.17. The second-order valence-electron chi connectivity index (χ2n) is 3.94. The van der Waals surface area contributed by atoms with Gasteiger partial charge in [0.1, 0.15) is 0 Å². The largest absolute Gasteiger partial charge is 0.237 e. The van der Waals surface area contributed by atoms with Gasteiger partial charge in [0.25, 0.3) is 0 Å². The van der Waals surface area contributed by atoms with Crippen LogP contribution in [0.1, 0.15) is 26.5 Å². The molecule has 2 rings (SSSR count). The van der Waals surface area contributed by atoms with Crippen LogP contribution in [0, 0.1) is 12.8 Å². The van der Waals surface area contributed by atoms with Crippen molar-refractivity contribution in [2.24, 2.45) is 5.92 Å². The van der Waals surface area contributed by atoms with Crippen LogP contribution in [0.2, 0.25) is 0 Å². The first-order valence-corrected chi connectivity index (χ1v) is 4.86. The molecule has 0 spiro atoms. The predicted molar refractivity (Wildman–Crippen MR) is 58.2 cm³/mol. The Morgan fingerprint density at radius 3 is 2.50 bits per heavy atom. The van der Waals surface area contributed by atoms with E-state index >= 15 is 0 Å². The monoisotopic (exact) mass is 191 g/mol. The smallest absolute Gasteiger partial charge is 0.155 e. The maximum Gasteiger partial charge on any atom is 0.155 e. The highest BCUT2D eigenvalue weighted by Crippen LogP contribution is 1.99. The summed E-state index contributed by atoms with van der Waals surface area (Å²) in [4.78, 5) is 4.10. The Bertz CT molecular complexity index is 354. The van der Waals surface area contributed by atoms with Crippen LogP contribution in [-0.2, 0) is 0 Å². The third-order valence-electron chi connectivity index (χ3n) is 1.36. The van der Waals surface area contributed by atoms with Crippen molar-refractivity contribution in [1.82, 2.24) is 14.6 Å². The lowest BCUT2D eigenvalue weighted by atomic mass is 10.3. The highest BCUT2D eigenvalue weighted by Gasteiger charge is 1.93. The fraction of sp³-hybridized carbons (Fsp3) is 0.455. The summed E-state index contributed by atoms with van der Waals surface area (Å²) in [6.45, 7) is 8.45. The van der Waals surface area contributed by atoms with E-state index in [9.17, 15) is 0 Å². The van der Waals surface area contributed by atoms with Crippen molar-refractivity contribution in [3.8, 4) is 0 Å². The van der Waals surface area contributed by atoms with Gasteiger partial charge in [-0.1, -0.05) is 20.8 Å². The molecule has 2 aromatic rings. The van der Waals surface area contributed by atoms with Gasteiger partial charge in [-0.25, -0.2) is 9.50 Å². The Kier molecular flexibility index (Phi) is 3.63. The molecule has 76 valence electrons. The van der Waals surface area contributed by atoms with Gasteiger partial charge in [-0.3, -0.25) is 0 Å². The van der Waals surface area contributed by atoms with E-state index in [0.717, 1.165) is 17.3 Å². The summed E-state index contributed by atoms with van der Waals surface area (Å²) in [6, 6.07) is 3.80. The van der Waals surface area contributed by atoms with Crippen LogP contribution in [0.3, 0.4) is 0 Å². The zero-order valence-corrected chi connectivity index (χ0v) is 9.23. The van der Waals surface area contributed by atoms with E-state index in [0.29, 0.717) is 0 Å². The average Bonchev–Trinajstić information content (AvgIpc) is 2.42. The van der Waals surface area contributed by atoms with Crippen molar-refractivity contribution in [3.05, 3.63) is 30.2 Å². The van der Waals surface area contributed by atoms with E-state index in [4.69, 9.17) is 0 Å². The van der Waals surface area contributed by atoms with Crippen LogP contribution >= 0.6 is 0 Å². The fourth-order valence-corrected chi connectivity index (χ4v) is 0.949. The molecular weight excluding hydrogens is 174 g/mol. The van der Waals surface area contributed by atoms with E-state index in [1.54, 1.807) is 10.7 Å². The van der Waals surface area contributed by atoms with Gasteiger partial charge < -0.3 is 0 Å². The van der Waals surface area contributed by atoms with Gasteiger partial charge in [0, 0.05) is 18.5 Å². The minimum Gasteiger partial charge on any atom is -0.237 e. The van der Waals surface area contributed by atoms with Gasteiger partial charge in [-0.15, -0.1) is 0 Å². The zero-order valence-electron chi connectivity index (χ0n) is 9.23.